The first-order chi connectivity index (χ1) is 10.1. The van der Waals surface area contributed by atoms with Gasteiger partial charge in [-0.25, -0.2) is 4.68 Å². The molecular weight excluding hydrogens is 300 g/mol. The van der Waals surface area contributed by atoms with Crippen LogP contribution in [0.1, 0.15) is 23.7 Å². The molecule has 1 saturated heterocycles. The van der Waals surface area contributed by atoms with E-state index in [1.54, 1.807) is 10.9 Å². The minimum Gasteiger partial charge on any atom is -0.338 e. The van der Waals surface area contributed by atoms with Crippen molar-refractivity contribution in [3.63, 3.8) is 0 Å². The summed E-state index contributed by atoms with van der Waals surface area (Å²) >= 11 is 0. The summed E-state index contributed by atoms with van der Waals surface area (Å²) in [6, 6.07) is 9.43. The van der Waals surface area contributed by atoms with Gasteiger partial charge in [-0.05, 0) is 36.6 Å². The maximum atomic E-state index is 12.8. The van der Waals surface area contributed by atoms with Gasteiger partial charge in [-0.1, -0.05) is 19.1 Å². The van der Waals surface area contributed by atoms with Crippen LogP contribution in [0, 0.1) is 5.41 Å². The van der Waals surface area contributed by atoms with Crippen LogP contribution < -0.4 is 5.73 Å². The molecule has 0 saturated carbocycles. The molecule has 3 rings (SSSR count). The van der Waals surface area contributed by atoms with Gasteiger partial charge in [0.05, 0.1) is 11.3 Å². The molecule has 0 aliphatic carbocycles. The van der Waals surface area contributed by atoms with Gasteiger partial charge in [0.25, 0.3) is 5.91 Å². The van der Waals surface area contributed by atoms with Gasteiger partial charge in [-0.2, -0.15) is 5.10 Å². The van der Waals surface area contributed by atoms with Crippen LogP contribution in [0.3, 0.4) is 0 Å². The number of nitrogens with two attached hydrogens (primary N) is 1. The zero-order valence-electron chi connectivity index (χ0n) is 12.6. The van der Waals surface area contributed by atoms with Crippen LogP contribution >= 0.6 is 12.4 Å². The lowest BCUT2D eigenvalue weighted by atomic mass is 9.90. The maximum absolute atomic E-state index is 12.8. The van der Waals surface area contributed by atoms with E-state index in [2.05, 4.69) is 12.0 Å². The fourth-order valence-corrected chi connectivity index (χ4v) is 2.80. The largest absolute Gasteiger partial charge is 0.338 e. The van der Waals surface area contributed by atoms with E-state index >= 15 is 0 Å². The Kier molecular flexibility index (Phi) is 4.88. The zero-order valence-corrected chi connectivity index (χ0v) is 13.4. The van der Waals surface area contributed by atoms with Crippen molar-refractivity contribution in [3.05, 3.63) is 48.3 Å². The van der Waals surface area contributed by atoms with E-state index in [4.69, 9.17) is 5.73 Å². The Balaban J connectivity index is 0.00000176. The van der Waals surface area contributed by atoms with Gasteiger partial charge in [0.2, 0.25) is 0 Å². The molecular formula is C16H21ClN4O. The Labute approximate surface area is 136 Å². The van der Waals surface area contributed by atoms with Crippen LogP contribution in [0.4, 0.5) is 0 Å². The van der Waals surface area contributed by atoms with Crippen molar-refractivity contribution in [2.24, 2.45) is 11.1 Å². The van der Waals surface area contributed by atoms with Gasteiger partial charge in [0, 0.05) is 25.5 Å². The standard InChI is InChI=1S/C16H20N4O.ClH/c1-16(11-17)7-10-19(12-16)15(21)13-5-2-3-6-14(13)20-9-4-8-18-20;/h2-6,8-9H,7,10-12,17H2,1H3;1H. The van der Waals surface area contributed by atoms with Gasteiger partial charge in [-0.3, -0.25) is 4.79 Å². The number of benzene rings is 1. The van der Waals surface area contributed by atoms with Crippen LogP contribution in [0.2, 0.25) is 0 Å². The summed E-state index contributed by atoms with van der Waals surface area (Å²) in [4.78, 5) is 14.7. The first-order valence-corrected chi connectivity index (χ1v) is 7.21. The lowest BCUT2D eigenvalue weighted by Crippen LogP contribution is -2.34. The highest BCUT2D eigenvalue weighted by Gasteiger charge is 2.35. The highest BCUT2D eigenvalue weighted by molar-refractivity contribution is 5.98. The lowest BCUT2D eigenvalue weighted by Gasteiger charge is -2.23. The summed E-state index contributed by atoms with van der Waals surface area (Å²) in [6.45, 7) is 4.23. The number of carbonyl (C=O) groups excluding carboxylic acids is 1. The van der Waals surface area contributed by atoms with Crippen molar-refractivity contribution < 1.29 is 4.79 Å². The quantitative estimate of drug-likeness (QED) is 0.942. The molecule has 118 valence electrons. The van der Waals surface area contributed by atoms with Gasteiger partial charge in [0.1, 0.15) is 0 Å². The molecule has 2 heterocycles. The van der Waals surface area contributed by atoms with Crippen molar-refractivity contribution in [1.29, 1.82) is 0 Å². The number of nitrogens with zero attached hydrogens (tertiary/aromatic N) is 3. The van der Waals surface area contributed by atoms with Gasteiger partial charge in [-0.15, -0.1) is 12.4 Å². The Morgan fingerprint density at radius 2 is 2.14 bits per heavy atom. The number of carbonyl (C=O) groups is 1. The van der Waals surface area contributed by atoms with E-state index in [9.17, 15) is 4.79 Å². The number of rotatable bonds is 3. The van der Waals surface area contributed by atoms with Crippen LogP contribution in [0.15, 0.2) is 42.7 Å². The topological polar surface area (TPSA) is 64.2 Å². The predicted molar refractivity (Wildman–Crippen MR) is 88.5 cm³/mol. The van der Waals surface area contributed by atoms with E-state index in [1.807, 2.05) is 41.4 Å². The third-order valence-electron chi connectivity index (χ3n) is 4.22. The number of amides is 1. The molecule has 1 fully saturated rings. The minimum absolute atomic E-state index is 0. The number of aromatic nitrogens is 2. The van der Waals surface area contributed by atoms with Crippen molar-refractivity contribution in [2.45, 2.75) is 13.3 Å². The normalized spacial score (nSPS) is 20.7. The molecule has 2 aromatic rings. The van der Waals surface area contributed by atoms with Crippen LogP contribution in [0.5, 0.6) is 0 Å². The monoisotopic (exact) mass is 320 g/mol. The summed E-state index contributed by atoms with van der Waals surface area (Å²) in [5.74, 6) is 0.0540. The molecule has 1 atom stereocenters. The lowest BCUT2D eigenvalue weighted by molar-refractivity contribution is 0.0776. The fraction of sp³-hybridized carbons (Fsp3) is 0.375. The SMILES string of the molecule is CC1(CN)CCN(C(=O)c2ccccc2-n2cccn2)C1.Cl. The molecule has 0 spiro atoms. The molecule has 6 heteroatoms. The maximum Gasteiger partial charge on any atom is 0.256 e. The molecule has 1 aliphatic heterocycles. The third-order valence-corrected chi connectivity index (χ3v) is 4.22. The van der Waals surface area contributed by atoms with Crippen molar-refractivity contribution >= 4 is 18.3 Å². The third kappa shape index (κ3) is 3.00. The Bertz CT molecular complexity index is 643. The minimum atomic E-state index is 0. The van der Waals surface area contributed by atoms with Crippen LogP contribution in [0.25, 0.3) is 5.69 Å². The Morgan fingerprint density at radius 1 is 1.36 bits per heavy atom. The second-order valence-corrected chi connectivity index (χ2v) is 5.96. The molecule has 1 unspecified atom stereocenters. The first-order valence-electron chi connectivity index (χ1n) is 7.21. The second kappa shape index (κ2) is 6.50. The number of hydrogen-bond donors (Lipinski definition) is 1. The van der Waals surface area contributed by atoms with Crippen LogP contribution in [-0.4, -0.2) is 40.2 Å². The number of hydrogen-bond acceptors (Lipinski definition) is 3. The summed E-state index contributed by atoms with van der Waals surface area (Å²) in [5, 5.41) is 4.23. The smallest absolute Gasteiger partial charge is 0.256 e. The number of para-hydroxylation sites is 1. The first kappa shape index (κ1) is 16.5. The van der Waals surface area contributed by atoms with Gasteiger partial charge >= 0.3 is 0 Å². The molecule has 22 heavy (non-hydrogen) atoms. The van der Waals surface area contributed by atoms with E-state index in [-0.39, 0.29) is 23.7 Å². The summed E-state index contributed by atoms with van der Waals surface area (Å²) in [5.41, 5.74) is 7.36. The van der Waals surface area contributed by atoms with Crippen LogP contribution in [-0.2, 0) is 0 Å². The van der Waals surface area contributed by atoms with Gasteiger partial charge in [0.15, 0.2) is 0 Å². The molecule has 1 aliphatic rings. The average Bonchev–Trinajstić information content (AvgIpc) is 3.17. The average molecular weight is 321 g/mol. The Hall–Kier alpha value is -1.85. The summed E-state index contributed by atoms with van der Waals surface area (Å²) < 4.78 is 1.73. The van der Waals surface area contributed by atoms with Crippen molar-refractivity contribution in [1.82, 2.24) is 14.7 Å². The summed E-state index contributed by atoms with van der Waals surface area (Å²) in [7, 11) is 0. The highest BCUT2D eigenvalue weighted by Crippen LogP contribution is 2.30. The zero-order chi connectivity index (χ0) is 14.9. The Morgan fingerprint density at radius 3 is 2.77 bits per heavy atom. The number of halogens is 1. The van der Waals surface area contributed by atoms with E-state index in [1.165, 1.54) is 0 Å². The van der Waals surface area contributed by atoms with E-state index in [0.29, 0.717) is 12.1 Å². The molecule has 0 radical (unpaired) electrons. The molecule has 1 aromatic heterocycles. The van der Waals surface area contributed by atoms with Gasteiger partial charge < -0.3 is 10.6 Å². The molecule has 1 aromatic carbocycles. The molecule has 0 bridgehead atoms. The van der Waals surface area contributed by atoms with E-state index < -0.39 is 0 Å². The summed E-state index contributed by atoms with van der Waals surface area (Å²) in [6.07, 6.45) is 4.52. The molecule has 2 N–H and O–H groups in total. The van der Waals surface area contributed by atoms with Crippen molar-refractivity contribution in [2.75, 3.05) is 19.6 Å². The number of likely N-dealkylation sites (tertiary alicyclic amines) is 1. The predicted octanol–water partition coefficient (Wildman–Crippen LogP) is 2.11. The molecule has 5 nitrogen and oxygen atoms in total. The highest BCUT2D eigenvalue weighted by atomic mass is 35.5. The van der Waals surface area contributed by atoms with Crippen molar-refractivity contribution in [3.8, 4) is 5.69 Å². The second-order valence-electron chi connectivity index (χ2n) is 5.96. The fourth-order valence-electron chi connectivity index (χ4n) is 2.80. The molecule has 1 amide bonds. The van der Waals surface area contributed by atoms with E-state index in [0.717, 1.165) is 25.2 Å².